The van der Waals surface area contributed by atoms with Crippen LogP contribution in [-0.2, 0) is 0 Å². The Bertz CT molecular complexity index is 710. The van der Waals surface area contributed by atoms with Crippen LogP contribution in [-0.4, -0.2) is 47.3 Å². The highest BCUT2D eigenvalue weighted by molar-refractivity contribution is 6.29. The van der Waals surface area contributed by atoms with Gasteiger partial charge >= 0.3 is 0 Å². The summed E-state index contributed by atoms with van der Waals surface area (Å²) >= 11 is 5.94. The number of pyridine rings is 2. The van der Waals surface area contributed by atoms with Crippen molar-refractivity contribution in [2.45, 2.75) is 20.3 Å². The van der Waals surface area contributed by atoms with Crippen molar-refractivity contribution in [1.82, 2.24) is 20.2 Å². The van der Waals surface area contributed by atoms with Gasteiger partial charge in [0.25, 0.3) is 0 Å². The van der Waals surface area contributed by atoms with Crippen molar-refractivity contribution in [1.29, 1.82) is 5.41 Å². The molecule has 0 spiro atoms. The standard InChI is InChI=1S/C18H24ClN5/c1-3-24(4-2)9-5-8-21-12-15(11-20)14-10-17-16(22-13-14)6-7-18(19)23-17/h6-7,10-13,20-21H,3-5,8-9H2,1-2H3/b15-12+,20-11?. The number of fused-ring (bicyclic) bond motifs is 1. The van der Waals surface area contributed by atoms with Crippen LogP contribution in [0.1, 0.15) is 25.8 Å². The third-order valence-corrected chi connectivity index (χ3v) is 4.15. The van der Waals surface area contributed by atoms with Crippen molar-refractivity contribution >= 4 is 34.4 Å². The highest BCUT2D eigenvalue weighted by Gasteiger charge is 2.04. The Labute approximate surface area is 148 Å². The van der Waals surface area contributed by atoms with Crippen molar-refractivity contribution in [3.8, 4) is 0 Å². The Balaban J connectivity index is 2.01. The first-order valence-electron chi connectivity index (χ1n) is 8.27. The fourth-order valence-corrected chi connectivity index (χ4v) is 2.63. The van der Waals surface area contributed by atoms with Gasteiger partial charge in [0.15, 0.2) is 0 Å². The van der Waals surface area contributed by atoms with Crippen LogP contribution in [0, 0.1) is 5.41 Å². The molecule has 2 rings (SSSR count). The minimum absolute atomic E-state index is 0.441. The smallest absolute Gasteiger partial charge is 0.129 e. The topological polar surface area (TPSA) is 64.9 Å². The highest BCUT2D eigenvalue weighted by atomic mass is 35.5. The lowest BCUT2D eigenvalue weighted by Gasteiger charge is -2.17. The number of rotatable bonds is 9. The molecule has 6 heteroatoms. The van der Waals surface area contributed by atoms with E-state index in [-0.39, 0.29) is 0 Å². The van der Waals surface area contributed by atoms with Gasteiger partial charge in [0.1, 0.15) is 5.15 Å². The summed E-state index contributed by atoms with van der Waals surface area (Å²) < 4.78 is 0. The Morgan fingerprint density at radius 2 is 2.08 bits per heavy atom. The average molecular weight is 346 g/mol. The minimum Gasteiger partial charge on any atom is -0.390 e. The molecule has 0 amide bonds. The van der Waals surface area contributed by atoms with Crippen molar-refractivity contribution < 1.29 is 0 Å². The van der Waals surface area contributed by atoms with Crippen LogP contribution < -0.4 is 5.32 Å². The zero-order valence-corrected chi connectivity index (χ0v) is 15.0. The summed E-state index contributed by atoms with van der Waals surface area (Å²) in [5, 5.41) is 11.4. The van der Waals surface area contributed by atoms with E-state index < -0.39 is 0 Å². The second-order valence-corrected chi connectivity index (χ2v) is 5.86. The Hall–Kier alpha value is -1.98. The predicted molar refractivity (Wildman–Crippen MR) is 102 cm³/mol. The van der Waals surface area contributed by atoms with Crippen LogP contribution in [0.4, 0.5) is 0 Å². The summed E-state index contributed by atoms with van der Waals surface area (Å²) in [6.45, 7) is 8.47. The van der Waals surface area contributed by atoms with Gasteiger partial charge in [-0.1, -0.05) is 25.4 Å². The van der Waals surface area contributed by atoms with Crippen LogP contribution in [0.25, 0.3) is 16.6 Å². The summed E-state index contributed by atoms with van der Waals surface area (Å²) in [5.74, 6) is 0. The first kappa shape index (κ1) is 18.4. The quantitative estimate of drug-likeness (QED) is 0.414. The zero-order valence-electron chi connectivity index (χ0n) is 14.2. The SMILES string of the molecule is CCN(CC)CCCN/C=C(\C=N)c1cnc2ccc(Cl)nc2c1. The van der Waals surface area contributed by atoms with Crippen LogP contribution in [0.15, 0.2) is 30.6 Å². The van der Waals surface area contributed by atoms with Gasteiger partial charge in [0.05, 0.1) is 11.0 Å². The molecule has 2 N–H and O–H groups in total. The lowest BCUT2D eigenvalue weighted by molar-refractivity contribution is 0.300. The van der Waals surface area contributed by atoms with E-state index in [1.165, 1.54) is 6.21 Å². The van der Waals surface area contributed by atoms with Crippen molar-refractivity contribution in [3.05, 3.63) is 41.3 Å². The maximum absolute atomic E-state index is 7.64. The van der Waals surface area contributed by atoms with Gasteiger partial charge < -0.3 is 15.6 Å². The molecular formula is C18H24ClN5. The molecule has 0 aliphatic rings. The summed E-state index contributed by atoms with van der Waals surface area (Å²) in [4.78, 5) is 11.1. The van der Waals surface area contributed by atoms with Gasteiger partial charge in [0.2, 0.25) is 0 Å². The molecule has 0 aliphatic heterocycles. The minimum atomic E-state index is 0.441. The van der Waals surface area contributed by atoms with E-state index >= 15 is 0 Å². The normalized spacial score (nSPS) is 11.9. The molecule has 0 aromatic carbocycles. The lowest BCUT2D eigenvalue weighted by atomic mass is 10.1. The molecule has 0 fully saturated rings. The average Bonchev–Trinajstić information content (AvgIpc) is 2.61. The number of halogens is 1. The van der Waals surface area contributed by atoms with Gasteiger partial charge in [-0.05, 0) is 44.3 Å². The van der Waals surface area contributed by atoms with E-state index in [0.29, 0.717) is 5.15 Å². The molecule has 24 heavy (non-hydrogen) atoms. The number of nitrogens with one attached hydrogen (secondary N) is 2. The van der Waals surface area contributed by atoms with E-state index in [1.807, 2.05) is 18.3 Å². The van der Waals surface area contributed by atoms with Gasteiger partial charge in [-0.3, -0.25) is 4.98 Å². The van der Waals surface area contributed by atoms with Crippen LogP contribution in [0.3, 0.4) is 0 Å². The first-order chi connectivity index (χ1) is 11.7. The Morgan fingerprint density at radius 1 is 1.29 bits per heavy atom. The molecule has 0 unspecified atom stereocenters. The predicted octanol–water partition coefficient (Wildman–Crippen LogP) is 3.60. The van der Waals surface area contributed by atoms with Crippen molar-refractivity contribution in [2.24, 2.45) is 0 Å². The van der Waals surface area contributed by atoms with Crippen molar-refractivity contribution in [3.63, 3.8) is 0 Å². The molecule has 2 aromatic rings. The molecule has 5 nitrogen and oxygen atoms in total. The van der Waals surface area contributed by atoms with E-state index in [9.17, 15) is 0 Å². The van der Waals surface area contributed by atoms with E-state index in [0.717, 1.165) is 54.8 Å². The molecule has 0 bridgehead atoms. The van der Waals surface area contributed by atoms with E-state index in [4.69, 9.17) is 17.0 Å². The third kappa shape index (κ3) is 5.01. The van der Waals surface area contributed by atoms with E-state index in [1.54, 1.807) is 12.3 Å². The number of hydrogen-bond acceptors (Lipinski definition) is 5. The number of aromatic nitrogens is 2. The highest BCUT2D eigenvalue weighted by Crippen LogP contribution is 2.18. The molecule has 128 valence electrons. The van der Waals surface area contributed by atoms with Crippen LogP contribution >= 0.6 is 11.6 Å². The van der Waals surface area contributed by atoms with Crippen LogP contribution in [0.2, 0.25) is 5.15 Å². The number of allylic oxidation sites excluding steroid dienone is 1. The summed E-state index contributed by atoms with van der Waals surface area (Å²) in [6, 6.07) is 5.47. The van der Waals surface area contributed by atoms with Gasteiger partial charge in [-0.2, -0.15) is 0 Å². The summed E-state index contributed by atoms with van der Waals surface area (Å²) in [7, 11) is 0. The second-order valence-electron chi connectivity index (χ2n) is 5.47. The fraction of sp³-hybridized carbons (Fsp3) is 0.389. The lowest BCUT2D eigenvalue weighted by Crippen LogP contribution is -2.26. The maximum atomic E-state index is 7.64. The molecule has 0 saturated heterocycles. The Morgan fingerprint density at radius 3 is 2.79 bits per heavy atom. The molecule has 2 heterocycles. The maximum Gasteiger partial charge on any atom is 0.129 e. The molecule has 0 aliphatic carbocycles. The molecular weight excluding hydrogens is 322 g/mol. The third-order valence-electron chi connectivity index (χ3n) is 3.94. The van der Waals surface area contributed by atoms with Gasteiger partial charge in [0, 0.05) is 36.3 Å². The van der Waals surface area contributed by atoms with Crippen LogP contribution in [0.5, 0.6) is 0 Å². The van der Waals surface area contributed by atoms with E-state index in [2.05, 4.69) is 34.0 Å². The number of hydrogen-bond donors (Lipinski definition) is 2. The molecule has 0 radical (unpaired) electrons. The monoisotopic (exact) mass is 345 g/mol. The fourth-order valence-electron chi connectivity index (χ4n) is 2.47. The number of nitrogens with zero attached hydrogens (tertiary/aromatic N) is 3. The first-order valence-corrected chi connectivity index (χ1v) is 8.64. The largest absolute Gasteiger partial charge is 0.390 e. The summed E-state index contributed by atoms with van der Waals surface area (Å²) in [6.07, 6.45) is 6.01. The second kappa shape index (κ2) is 9.35. The Kier molecular flexibility index (Phi) is 7.15. The molecule has 0 atom stereocenters. The van der Waals surface area contributed by atoms with Gasteiger partial charge in [-0.25, -0.2) is 4.98 Å². The molecule has 0 saturated carbocycles. The zero-order chi connectivity index (χ0) is 17.4. The summed E-state index contributed by atoms with van der Waals surface area (Å²) in [5.41, 5.74) is 3.14. The van der Waals surface area contributed by atoms with Crippen molar-refractivity contribution in [2.75, 3.05) is 26.2 Å². The molecule has 2 aromatic heterocycles. The van der Waals surface area contributed by atoms with Gasteiger partial charge in [-0.15, -0.1) is 0 Å².